The lowest BCUT2D eigenvalue weighted by molar-refractivity contribution is -0.134. The number of urea groups is 1. The molecule has 3 aliphatic rings. The van der Waals surface area contributed by atoms with E-state index in [1.807, 2.05) is 0 Å². The van der Waals surface area contributed by atoms with Crippen molar-refractivity contribution in [2.24, 2.45) is 5.92 Å². The molecule has 0 unspecified atom stereocenters. The summed E-state index contributed by atoms with van der Waals surface area (Å²) in [4.78, 5) is 45.8. The van der Waals surface area contributed by atoms with Gasteiger partial charge in [-0.05, 0) is 64.1 Å². The molecule has 0 atom stereocenters. The third-order valence-electron chi connectivity index (χ3n) is 8.81. The first kappa shape index (κ1) is 25.5. The van der Waals surface area contributed by atoms with E-state index in [0.717, 1.165) is 32.2 Å². The molecule has 0 bridgehead atoms. The van der Waals surface area contributed by atoms with Crippen molar-refractivity contribution in [1.29, 1.82) is 0 Å². The van der Waals surface area contributed by atoms with Crippen LogP contribution in [0.4, 0.5) is 4.79 Å². The summed E-state index contributed by atoms with van der Waals surface area (Å²) in [6.07, 6.45) is 7.37. The topological polar surface area (TPSA) is 76.2 Å². The lowest BCUT2D eigenvalue weighted by Gasteiger charge is -2.51. The molecule has 35 heavy (non-hydrogen) atoms. The van der Waals surface area contributed by atoms with Crippen LogP contribution in [0, 0.1) is 5.92 Å². The van der Waals surface area contributed by atoms with Crippen LogP contribution < -0.4 is 5.32 Å². The van der Waals surface area contributed by atoms with Gasteiger partial charge < -0.3 is 20.0 Å². The monoisotopic (exact) mass is 483 g/mol. The molecule has 1 aromatic carbocycles. The van der Waals surface area contributed by atoms with Crippen LogP contribution in [-0.2, 0) is 15.1 Å². The van der Waals surface area contributed by atoms with Gasteiger partial charge in [0.15, 0.2) is 0 Å². The second-order valence-electron chi connectivity index (χ2n) is 11.0. The van der Waals surface area contributed by atoms with E-state index in [2.05, 4.69) is 59.5 Å². The van der Waals surface area contributed by atoms with Crippen LogP contribution >= 0.6 is 0 Å². The minimum absolute atomic E-state index is 0.00325. The molecule has 8 nitrogen and oxygen atoms in total. The number of nitrogens with one attached hydrogen (secondary N) is 1. The average molecular weight is 484 g/mol. The summed E-state index contributed by atoms with van der Waals surface area (Å²) in [5.41, 5.74) is 1.05. The van der Waals surface area contributed by atoms with Crippen molar-refractivity contribution in [2.45, 2.75) is 56.0 Å². The largest absolute Gasteiger partial charge is 0.358 e. The second kappa shape index (κ2) is 10.2. The van der Waals surface area contributed by atoms with Gasteiger partial charge in [-0.25, -0.2) is 4.79 Å². The van der Waals surface area contributed by atoms with Crippen molar-refractivity contribution in [2.75, 3.05) is 54.4 Å². The molecule has 8 heteroatoms. The highest BCUT2D eigenvalue weighted by Gasteiger charge is 2.55. The van der Waals surface area contributed by atoms with Crippen molar-refractivity contribution < 1.29 is 14.4 Å². The third-order valence-corrected chi connectivity index (χ3v) is 8.81. The molecule has 1 aliphatic heterocycles. The molecule has 192 valence electrons. The number of carbonyl (C=O) groups excluding carboxylic acids is 3. The third kappa shape index (κ3) is 4.90. The number of carbonyl (C=O) groups is 3. The zero-order valence-corrected chi connectivity index (χ0v) is 21.8. The van der Waals surface area contributed by atoms with Gasteiger partial charge in [-0.15, -0.1) is 0 Å². The van der Waals surface area contributed by atoms with E-state index in [1.54, 1.807) is 19.0 Å². The zero-order valence-electron chi connectivity index (χ0n) is 21.8. The number of amides is 4. The maximum Gasteiger partial charge on any atom is 0.321 e. The predicted molar refractivity (Wildman–Crippen MR) is 136 cm³/mol. The van der Waals surface area contributed by atoms with Crippen LogP contribution in [0.15, 0.2) is 30.3 Å². The van der Waals surface area contributed by atoms with E-state index >= 15 is 0 Å². The number of benzene rings is 1. The van der Waals surface area contributed by atoms with Gasteiger partial charge in [0.1, 0.15) is 6.54 Å². The average Bonchev–Trinajstić information content (AvgIpc) is 3.07. The van der Waals surface area contributed by atoms with Crippen molar-refractivity contribution in [3.63, 3.8) is 0 Å². The summed E-state index contributed by atoms with van der Waals surface area (Å²) in [5.74, 6) is 0.146. The lowest BCUT2D eigenvalue weighted by atomic mass is 9.68. The Morgan fingerprint density at radius 2 is 1.71 bits per heavy atom. The van der Waals surface area contributed by atoms with Crippen molar-refractivity contribution in [3.05, 3.63) is 35.9 Å². The molecule has 1 heterocycles. The minimum Gasteiger partial charge on any atom is -0.358 e. The first-order chi connectivity index (χ1) is 16.7. The maximum atomic E-state index is 13.6. The fourth-order valence-electron chi connectivity index (χ4n) is 6.18. The quantitative estimate of drug-likeness (QED) is 0.617. The molecule has 3 fully saturated rings. The Kier molecular flexibility index (Phi) is 7.40. The van der Waals surface area contributed by atoms with Gasteiger partial charge in [0.2, 0.25) is 11.8 Å². The highest BCUT2D eigenvalue weighted by molar-refractivity contribution is 5.88. The summed E-state index contributed by atoms with van der Waals surface area (Å²) >= 11 is 0. The molecular weight excluding hydrogens is 442 g/mol. The SMILES string of the molecule is CNC(=O)CN(C)C(=O)CN1C[C@]2(CC[C@](c3ccccc3)(N(C)C)CC2)N(CC2CCC2)C1=O. The molecule has 0 aromatic heterocycles. The van der Waals surface area contributed by atoms with Gasteiger partial charge in [-0.3, -0.25) is 14.5 Å². The van der Waals surface area contributed by atoms with E-state index in [0.29, 0.717) is 12.5 Å². The van der Waals surface area contributed by atoms with Crippen LogP contribution in [0.2, 0.25) is 0 Å². The Hall–Kier alpha value is -2.61. The Morgan fingerprint density at radius 1 is 1.06 bits per heavy atom. The summed E-state index contributed by atoms with van der Waals surface area (Å²) in [5, 5.41) is 2.55. The summed E-state index contributed by atoms with van der Waals surface area (Å²) in [6, 6.07) is 10.7. The normalized spacial score (nSPS) is 26.8. The minimum atomic E-state index is -0.236. The van der Waals surface area contributed by atoms with Gasteiger partial charge in [-0.2, -0.15) is 0 Å². The standard InChI is InChI=1S/C27H41N5O3/c1-28-23(33)18-30(4)24(34)19-31-20-26(32(25(31)35)17-21-9-8-10-21)13-15-27(16-14-26,29(2)3)22-11-6-5-7-12-22/h5-7,11-12,21H,8-10,13-20H2,1-4H3,(H,28,33)/t26-,27+. The van der Waals surface area contributed by atoms with Crippen LogP contribution in [0.25, 0.3) is 0 Å². The van der Waals surface area contributed by atoms with E-state index in [-0.39, 0.29) is 42.0 Å². The Morgan fingerprint density at radius 3 is 2.26 bits per heavy atom. The Labute approximate surface area is 209 Å². The molecule has 4 rings (SSSR count). The summed E-state index contributed by atoms with van der Waals surface area (Å²) in [7, 11) is 7.49. The number of rotatable bonds is 8. The number of nitrogens with zero attached hydrogens (tertiary/aromatic N) is 4. The van der Waals surface area contributed by atoms with E-state index < -0.39 is 0 Å². The first-order valence-corrected chi connectivity index (χ1v) is 12.9. The highest BCUT2D eigenvalue weighted by atomic mass is 16.2. The predicted octanol–water partition coefficient (Wildman–Crippen LogP) is 2.50. The zero-order chi connectivity index (χ0) is 25.2. The van der Waals surface area contributed by atoms with Crippen LogP contribution in [-0.4, -0.2) is 97.4 Å². The van der Waals surface area contributed by atoms with Crippen LogP contribution in [0.3, 0.4) is 0 Å². The van der Waals surface area contributed by atoms with Gasteiger partial charge >= 0.3 is 6.03 Å². The van der Waals surface area contributed by atoms with Gasteiger partial charge in [0.25, 0.3) is 0 Å². The lowest BCUT2D eigenvalue weighted by Crippen LogP contribution is -2.56. The Balaban J connectivity index is 1.53. The van der Waals surface area contributed by atoms with Crippen LogP contribution in [0.5, 0.6) is 0 Å². The molecule has 2 saturated carbocycles. The number of hydrogen-bond donors (Lipinski definition) is 1. The fraction of sp³-hybridized carbons (Fsp3) is 0.667. The maximum absolute atomic E-state index is 13.6. The molecule has 2 aliphatic carbocycles. The highest BCUT2D eigenvalue weighted by Crippen LogP contribution is 2.49. The van der Waals surface area contributed by atoms with Gasteiger partial charge in [-0.1, -0.05) is 36.8 Å². The van der Waals surface area contributed by atoms with Crippen molar-refractivity contribution in [1.82, 2.24) is 24.9 Å². The van der Waals surface area contributed by atoms with E-state index in [9.17, 15) is 14.4 Å². The molecule has 1 spiro atoms. The molecule has 4 amide bonds. The molecule has 0 radical (unpaired) electrons. The van der Waals surface area contributed by atoms with Crippen molar-refractivity contribution in [3.8, 4) is 0 Å². The summed E-state index contributed by atoms with van der Waals surface area (Å²) in [6.45, 7) is 1.39. The first-order valence-electron chi connectivity index (χ1n) is 12.9. The molecule has 1 aromatic rings. The van der Waals surface area contributed by atoms with E-state index in [4.69, 9.17) is 0 Å². The van der Waals surface area contributed by atoms with Crippen LogP contribution in [0.1, 0.15) is 50.5 Å². The molecule has 1 saturated heterocycles. The molecular formula is C27H41N5O3. The second-order valence-corrected chi connectivity index (χ2v) is 11.0. The van der Waals surface area contributed by atoms with Gasteiger partial charge in [0, 0.05) is 32.7 Å². The molecule has 1 N–H and O–H groups in total. The smallest absolute Gasteiger partial charge is 0.321 e. The fourth-order valence-corrected chi connectivity index (χ4v) is 6.18. The van der Waals surface area contributed by atoms with E-state index in [1.165, 1.54) is 29.7 Å². The Bertz CT molecular complexity index is 922. The van der Waals surface area contributed by atoms with Crippen molar-refractivity contribution >= 4 is 17.8 Å². The summed E-state index contributed by atoms with van der Waals surface area (Å²) < 4.78 is 0. The number of hydrogen-bond acceptors (Lipinski definition) is 4. The van der Waals surface area contributed by atoms with Gasteiger partial charge in [0.05, 0.1) is 12.1 Å². The number of likely N-dealkylation sites (N-methyl/N-ethyl adjacent to an activating group) is 2.